The van der Waals surface area contributed by atoms with E-state index >= 15 is 0 Å². The first-order valence-corrected chi connectivity index (χ1v) is 6.14. The monoisotopic (exact) mass is 262 g/mol. The van der Waals surface area contributed by atoms with E-state index in [9.17, 15) is 8.78 Å². The number of fused-ring (bicyclic) bond motifs is 3. The van der Waals surface area contributed by atoms with Crippen molar-refractivity contribution < 1.29 is 17.9 Å². The molecule has 19 heavy (non-hydrogen) atoms. The van der Waals surface area contributed by atoms with Crippen LogP contribution in [0.25, 0.3) is 21.9 Å². The Morgan fingerprint density at radius 1 is 1.05 bits per heavy atom. The molecule has 0 N–H and O–H groups in total. The lowest BCUT2D eigenvalue weighted by Crippen LogP contribution is -1.97. The summed E-state index contributed by atoms with van der Waals surface area (Å²) in [5, 5.41) is 1.12. The summed E-state index contributed by atoms with van der Waals surface area (Å²) in [5.41, 5.74) is 0.109. The highest BCUT2D eigenvalue weighted by atomic mass is 19.1. The van der Waals surface area contributed by atoms with Gasteiger partial charge in [0.25, 0.3) is 0 Å². The molecule has 0 aliphatic rings. The Hall–Kier alpha value is -2.10. The minimum Gasteiger partial charge on any atom is -0.490 e. The largest absolute Gasteiger partial charge is 0.490 e. The highest BCUT2D eigenvalue weighted by Crippen LogP contribution is 2.35. The average molecular weight is 262 g/mol. The van der Waals surface area contributed by atoms with Crippen molar-refractivity contribution in [3.05, 3.63) is 42.0 Å². The van der Waals surface area contributed by atoms with Gasteiger partial charge in [0.05, 0.1) is 6.61 Å². The van der Waals surface area contributed by atoms with Gasteiger partial charge in [0, 0.05) is 10.8 Å². The van der Waals surface area contributed by atoms with Gasteiger partial charge in [0.1, 0.15) is 0 Å². The van der Waals surface area contributed by atoms with Gasteiger partial charge in [0.2, 0.25) is 5.82 Å². The standard InChI is InChI=1S/C15H12F2O2/c1-2-8-18-12-7-6-10-9-4-3-5-11(16)14(9)19-15(10)13(12)17/h3-7H,2,8H2,1H3. The Bertz CT molecular complexity index is 747. The molecule has 0 spiro atoms. The molecule has 0 saturated heterocycles. The van der Waals surface area contributed by atoms with Crippen LogP contribution in [0.3, 0.4) is 0 Å². The molecule has 1 aromatic heterocycles. The first-order valence-electron chi connectivity index (χ1n) is 6.14. The zero-order chi connectivity index (χ0) is 13.4. The van der Waals surface area contributed by atoms with Crippen LogP contribution in [0.5, 0.6) is 5.75 Å². The molecule has 98 valence electrons. The number of para-hydroxylation sites is 1. The minimum absolute atomic E-state index is 0.0358. The first kappa shape index (κ1) is 12.0. The lowest BCUT2D eigenvalue weighted by molar-refractivity contribution is 0.301. The maximum atomic E-state index is 14.2. The predicted molar refractivity (Wildman–Crippen MR) is 69.4 cm³/mol. The highest BCUT2D eigenvalue weighted by Gasteiger charge is 2.17. The van der Waals surface area contributed by atoms with Crippen molar-refractivity contribution in [3.63, 3.8) is 0 Å². The smallest absolute Gasteiger partial charge is 0.208 e. The van der Waals surface area contributed by atoms with Crippen molar-refractivity contribution in [1.29, 1.82) is 0 Å². The van der Waals surface area contributed by atoms with Crippen LogP contribution < -0.4 is 4.74 Å². The second-order valence-corrected chi connectivity index (χ2v) is 4.32. The maximum absolute atomic E-state index is 14.2. The SMILES string of the molecule is CCCOc1ccc2c(oc3c(F)cccc32)c1F. The maximum Gasteiger partial charge on any atom is 0.208 e. The number of benzene rings is 2. The van der Waals surface area contributed by atoms with Crippen molar-refractivity contribution in [2.24, 2.45) is 0 Å². The molecule has 0 aliphatic heterocycles. The number of hydrogen-bond acceptors (Lipinski definition) is 2. The van der Waals surface area contributed by atoms with Gasteiger partial charge in [0.15, 0.2) is 22.7 Å². The summed E-state index contributed by atoms with van der Waals surface area (Å²) in [5.74, 6) is -0.945. The van der Waals surface area contributed by atoms with E-state index in [0.717, 1.165) is 6.42 Å². The fourth-order valence-corrected chi connectivity index (χ4v) is 2.10. The average Bonchev–Trinajstić information content (AvgIpc) is 2.79. The molecule has 0 atom stereocenters. The number of ether oxygens (including phenoxy) is 1. The summed E-state index contributed by atoms with van der Waals surface area (Å²) < 4.78 is 38.4. The molecule has 0 unspecified atom stereocenters. The Labute approximate surface area is 108 Å². The highest BCUT2D eigenvalue weighted by molar-refractivity contribution is 6.05. The molecule has 2 aromatic carbocycles. The van der Waals surface area contributed by atoms with Crippen molar-refractivity contribution in [2.75, 3.05) is 6.61 Å². The van der Waals surface area contributed by atoms with Crippen molar-refractivity contribution in [1.82, 2.24) is 0 Å². The normalized spacial score (nSPS) is 11.3. The van der Waals surface area contributed by atoms with Crippen LogP contribution in [0.2, 0.25) is 0 Å². The van der Waals surface area contributed by atoms with E-state index in [1.807, 2.05) is 6.92 Å². The Kier molecular flexibility index (Phi) is 2.85. The molecule has 3 aromatic rings. The second-order valence-electron chi connectivity index (χ2n) is 4.32. The second kappa shape index (κ2) is 4.53. The molecule has 4 heteroatoms. The summed E-state index contributed by atoms with van der Waals surface area (Å²) in [6.45, 7) is 2.37. The van der Waals surface area contributed by atoms with Gasteiger partial charge in [-0.2, -0.15) is 4.39 Å². The third-order valence-corrected chi connectivity index (χ3v) is 2.98. The third kappa shape index (κ3) is 1.84. The minimum atomic E-state index is -0.582. The zero-order valence-corrected chi connectivity index (χ0v) is 10.4. The molecule has 0 bridgehead atoms. The molecule has 3 rings (SSSR count). The topological polar surface area (TPSA) is 22.4 Å². The quantitative estimate of drug-likeness (QED) is 0.685. The zero-order valence-electron chi connectivity index (χ0n) is 10.4. The number of rotatable bonds is 3. The van der Waals surface area contributed by atoms with E-state index in [4.69, 9.17) is 9.15 Å². The van der Waals surface area contributed by atoms with Crippen LogP contribution in [0, 0.1) is 11.6 Å². The van der Waals surface area contributed by atoms with Gasteiger partial charge < -0.3 is 9.15 Å². The van der Waals surface area contributed by atoms with Crippen LogP contribution in [-0.2, 0) is 0 Å². The summed E-state index contributed by atoms with van der Waals surface area (Å²) in [6, 6.07) is 7.81. The number of halogens is 2. The third-order valence-electron chi connectivity index (χ3n) is 2.98. The Morgan fingerprint density at radius 3 is 2.63 bits per heavy atom. The van der Waals surface area contributed by atoms with Crippen LogP contribution in [0.15, 0.2) is 34.7 Å². The molecule has 1 heterocycles. The summed E-state index contributed by atoms with van der Waals surface area (Å²) in [4.78, 5) is 0. The van der Waals surface area contributed by atoms with Gasteiger partial charge in [-0.25, -0.2) is 4.39 Å². The summed E-state index contributed by atoms with van der Waals surface area (Å²) in [6.07, 6.45) is 0.784. The number of furan rings is 1. The molecule has 0 amide bonds. The first-order chi connectivity index (χ1) is 9.22. The van der Waals surface area contributed by atoms with E-state index < -0.39 is 11.6 Å². The van der Waals surface area contributed by atoms with E-state index in [0.29, 0.717) is 17.4 Å². The van der Waals surface area contributed by atoms with Crippen molar-refractivity contribution >= 4 is 21.9 Å². The molecule has 0 saturated carbocycles. The molecule has 0 aliphatic carbocycles. The van der Waals surface area contributed by atoms with Crippen molar-refractivity contribution in [2.45, 2.75) is 13.3 Å². The van der Waals surface area contributed by atoms with E-state index in [1.165, 1.54) is 6.07 Å². The van der Waals surface area contributed by atoms with Gasteiger partial charge in [-0.1, -0.05) is 19.1 Å². The predicted octanol–water partition coefficient (Wildman–Crippen LogP) is 4.65. The van der Waals surface area contributed by atoms with Gasteiger partial charge in [-0.3, -0.25) is 0 Å². The molecule has 0 radical (unpaired) electrons. The molecular weight excluding hydrogens is 250 g/mol. The van der Waals surface area contributed by atoms with Crippen LogP contribution in [0.4, 0.5) is 8.78 Å². The lowest BCUT2D eigenvalue weighted by Gasteiger charge is -2.05. The van der Waals surface area contributed by atoms with E-state index in [2.05, 4.69) is 0 Å². The Morgan fingerprint density at radius 2 is 1.84 bits per heavy atom. The summed E-state index contributed by atoms with van der Waals surface area (Å²) in [7, 11) is 0. The van der Waals surface area contributed by atoms with Crippen LogP contribution in [0.1, 0.15) is 13.3 Å². The van der Waals surface area contributed by atoms with E-state index in [-0.39, 0.29) is 16.9 Å². The van der Waals surface area contributed by atoms with Gasteiger partial charge >= 0.3 is 0 Å². The van der Waals surface area contributed by atoms with Crippen molar-refractivity contribution in [3.8, 4) is 5.75 Å². The van der Waals surface area contributed by atoms with Gasteiger partial charge in [-0.05, 0) is 24.6 Å². The fourth-order valence-electron chi connectivity index (χ4n) is 2.10. The number of hydrogen-bond donors (Lipinski definition) is 0. The van der Waals surface area contributed by atoms with E-state index in [1.54, 1.807) is 24.3 Å². The van der Waals surface area contributed by atoms with Crippen LogP contribution in [-0.4, -0.2) is 6.61 Å². The summed E-state index contributed by atoms with van der Waals surface area (Å²) >= 11 is 0. The molecule has 2 nitrogen and oxygen atoms in total. The van der Waals surface area contributed by atoms with Crippen LogP contribution >= 0.6 is 0 Å². The lowest BCUT2D eigenvalue weighted by atomic mass is 10.1. The molecule has 0 fully saturated rings. The fraction of sp³-hybridized carbons (Fsp3) is 0.200. The van der Waals surface area contributed by atoms with Gasteiger partial charge in [-0.15, -0.1) is 0 Å². The Balaban J connectivity index is 2.26. The molecular formula is C15H12F2O2.